The molecule has 0 spiro atoms. The molecule has 2 aromatic rings. The van der Waals surface area contributed by atoms with E-state index in [0.29, 0.717) is 16.9 Å². The lowest BCUT2D eigenvalue weighted by Crippen LogP contribution is -2.18. The SMILES string of the molecule is CCCC(Br)CCCCc1ccnc(-c2ncc(Br)cc2NC(C)CC)c1NC(C)CC. The minimum Gasteiger partial charge on any atom is -0.381 e. The van der Waals surface area contributed by atoms with E-state index in [4.69, 9.17) is 9.97 Å². The van der Waals surface area contributed by atoms with E-state index in [0.717, 1.165) is 46.5 Å². The smallest absolute Gasteiger partial charge is 0.114 e. The Morgan fingerprint density at radius 1 is 0.938 bits per heavy atom. The van der Waals surface area contributed by atoms with Crippen LogP contribution in [-0.4, -0.2) is 26.9 Å². The second-order valence-electron chi connectivity index (χ2n) is 8.78. The predicted octanol–water partition coefficient (Wildman–Crippen LogP) is 8.60. The van der Waals surface area contributed by atoms with Crippen LogP contribution >= 0.6 is 31.9 Å². The third kappa shape index (κ3) is 8.33. The summed E-state index contributed by atoms with van der Waals surface area (Å²) in [5, 5.41) is 7.38. The average Bonchev–Trinajstić information content (AvgIpc) is 2.77. The van der Waals surface area contributed by atoms with Gasteiger partial charge in [-0.25, -0.2) is 0 Å². The third-order valence-electron chi connectivity index (χ3n) is 5.95. The van der Waals surface area contributed by atoms with Gasteiger partial charge in [-0.15, -0.1) is 0 Å². The maximum absolute atomic E-state index is 4.81. The van der Waals surface area contributed by atoms with E-state index in [2.05, 4.69) is 89.2 Å². The van der Waals surface area contributed by atoms with Crippen molar-refractivity contribution in [3.05, 3.63) is 34.6 Å². The Balaban J connectivity index is 2.35. The zero-order valence-electron chi connectivity index (χ0n) is 20.3. The van der Waals surface area contributed by atoms with Crippen LogP contribution < -0.4 is 10.6 Å². The molecule has 0 aromatic carbocycles. The topological polar surface area (TPSA) is 49.8 Å². The van der Waals surface area contributed by atoms with Crippen LogP contribution in [0.1, 0.15) is 85.1 Å². The maximum atomic E-state index is 4.81. The highest BCUT2D eigenvalue weighted by molar-refractivity contribution is 9.10. The molecule has 2 aromatic heterocycles. The summed E-state index contributed by atoms with van der Waals surface area (Å²) in [6, 6.07) is 5.01. The minimum atomic E-state index is 0.360. The van der Waals surface area contributed by atoms with E-state index in [-0.39, 0.29) is 0 Å². The Hall–Kier alpha value is -1.14. The van der Waals surface area contributed by atoms with Gasteiger partial charge in [0.1, 0.15) is 11.4 Å². The highest BCUT2D eigenvalue weighted by Crippen LogP contribution is 2.35. The lowest BCUT2D eigenvalue weighted by molar-refractivity contribution is 0.626. The van der Waals surface area contributed by atoms with Crippen molar-refractivity contribution in [2.24, 2.45) is 0 Å². The predicted molar refractivity (Wildman–Crippen MR) is 147 cm³/mol. The van der Waals surface area contributed by atoms with Crippen LogP contribution in [0.4, 0.5) is 11.4 Å². The number of hydrogen-bond donors (Lipinski definition) is 2. The summed E-state index contributed by atoms with van der Waals surface area (Å²) in [5.41, 5.74) is 5.33. The van der Waals surface area contributed by atoms with Gasteiger partial charge in [-0.3, -0.25) is 9.97 Å². The quantitative estimate of drug-likeness (QED) is 0.177. The van der Waals surface area contributed by atoms with Gasteiger partial charge in [0, 0.05) is 33.8 Å². The molecule has 2 rings (SSSR count). The largest absolute Gasteiger partial charge is 0.381 e. The summed E-state index contributed by atoms with van der Waals surface area (Å²) < 4.78 is 0.969. The number of rotatable bonds is 14. The van der Waals surface area contributed by atoms with Gasteiger partial charge >= 0.3 is 0 Å². The Morgan fingerprint density at radius 3 is 2.34 bits per heavy atom. The zero-order chi connectivity index (χ0) is 23.5. The molecule has 0 aliphatic carbocycles. The van der Waals surface area contributed by atoms with Crippen LogP contribution in [0.3, 0.4) is 0 Å². The molecule has 3 unspecified atom stereocenters. The molecule has 32 heavy (non-hydrogen) atoms. The Kier molecular flexibility index (Phi) is 12.0. The lowest BCUT2D eigenvalue weighted by Gasteiger charge is -2.22. The van der Waals surface area contributed by atoms with E-state index in [1.54, 1.807) is 0 Å². The van der Waals surface area contributed by atoms with Gasteiger partial charge in [0.2, 0.25) is 0 Å². The normalized spacial score (nSPS) is 14.1. The van der Waals surface area contributed by atoms with Gasteiger partial charge < -0.3 is 10.6 Å². The van der Waals surface area contributed by atoms with Gasteiger partial charge in [-0.1, -0.05) is 49.5 Å². The van der Waals surface area contributed by atoms with Crippen LogP contribution in [0.5, 0.6) is 0 Å². The molecule has 0 bridgehead atoms. The molecule has 0 saturated carbocycles. The van der Waals surface area contributed by atoms with E-state index >= 15 is 0 Å². The molecule has 2 N–H and O–H groups in total. The van der Waals surface area contributed by atoms with Crippen LogP contribution in [0.15, 0.2) is 29.0 Å². The van der Waals surface area contributed by atoms with Crippen LogP contribution in [0.25, 0.3) is 11.4 Å². The second-order valence-corrected chi connectivity index (χ2v) is 11.0. The number of pyridine rings is 2. The summed E-state index contributed by atoms with van der Waals surface area (Å²) in [4.78, 5) is 10.2. The van der Waals surface area contributed by atoms with Gasteiger partial charge in [-0.2, -0.15) is 0 Å². The molecule has 3 atom stereocenters. The molecule has 0 radical (unpaired) electrons. The zero-order valence-corrected chi connectivity index (χ0v) is 23.5. The molecule has 0 fully saturated rings. The molecule has 6 heteroatoms. The van der Waals surface area contributed by atoms with Crippen molar-refractivity contribution in [2.75, 3.05) is 10.6 Å². The number of alkyl halides is 1. The third-order valence-corrected chi connectivity index (χ3v) is 7.30. The van der Waals surface area contributed by atoms with E-state index < -0.39 is 0 Å². The van der Waals surface area contributed by atoms with Crippen molar-refractivity contribution < 1.29 is 0 Å². The number of hydrogen-bond acceptors (Lipinski definition) is 4. The molecular weight excluding hydrogens is 528 g/mol. The first-order valence-electron chi connectivity index (χ1n) is 12.2. The van der Waals surface area contributed by atoms with Gasteiger partial charge in [-0.05, 0) is 86.0 Å². The van der Waals surface area contributed by atoms with Gasteiger partial charge in [0.15, 0.2) is 0 Å². The van der Waals surface area contributed by atoms with Crippen LogP contribution in [0.2, 0.25) is 0 Å². The molecule has 0 amide bonds. The average molecular weight is 568 g/mol. The number of nitrogens with zero attached hydrogens (tertiary/aromatic N) is 2. The fraction of sp³-hybridized carbons (Fsp3) is 0.615. The number of aryl methyl sites for hydroxylation is 1. The standard InChI is InChI=1S/C26H40Br2N4/c1-6-11-21(27)13-10-9-12-20-14-15-29-26(24(20)32-19(5)8-3)25-23(31-18(4)7-2)16-22(28)17-30-25/h14-19,21,31-32H,6-13H2,1-5H3. The molecule has 0 aliphatic heterocycles. The summed E-state index contributed by atoms with van der Waals surface area (Å²) in [7, 11) is 0. The Bertz CT molecular complexity index is 827. The van der Waals surface area contributed by atoms with Gasteiger partial charge in [0.25, 0.3) is 0 Å². The summed E-state index contributed by atoms with van der Waals surface area (Å²) in [5.74, 6) is 0. The van der Waals surface area contributed by atoms with Crippen LogP contribution in [-0.2, 0) is 6.42 Å². The van der Waals surface area contributed by atoms with Crippen molar-refractivity contribution in [3.8, 4) is 11.4 Å². The number of aromatic nitrogens is 2. The summed E-state index contributed by atoms with van der Waals surface area (Å²) in [6.45, 7) is 11.1. The fourth-order valence-electron chi connectivity index (χ4n) is 3.64. The number of nitrogens with one attached hydrogen (secondary N) is 2. The molecule has 2 heterocycles. The van der Waals surface area contributed by atoms with Crippen molar-refractivity contribution >= 4 is 43.2 Å². The Morgan fingerprint density at radius 2 is 1.66 bits per heavy atom. The Labute approximate surface area is 212 Å². The first kappa shape index (κ1) is 27.1. The first-order chi connectivity index (χ1) is 15.4. The maximum Gasteiger partial charge on any atom is 0.114 e. The van der Waals surface area contributed by atoms with Crippen molar-refractivity contribution in [2.45, 2.75) is 103 Å². The van der Waals surface area contributed by atoms with E-state index in [1.807, 2.05) is 12.4 Å². The molecule has 4 nitrogen and oxygen atoms in total. The van der Waals surface area contributed by atoms with Crippen molar-refractivity contribution in [1.29, 1.82) is 0 Å². The number of anilines is 2. The molecular formula is C26H40Br2N4. The fourth-order valence-corrected chi connectivity index (χ4v) is 4.76. The molecule has 0 aliphatic rings. The lowest BCUT2D eigenvalue weighted by atomic mass is 10.0. The van der Waals surface area contributed by atoms with Crippen molar-refractivity contribution in [3.63, 3.8) is 0 Å². The van der Waals surface area contributed by atoms with E-state index in [9.17, 15) is 0 Å². The second kappa shape index (κ2) is 14.2. The summed E-state index contributed by atoms with van der Waals surface area (Å²) in [6.07, 6.45) is 13.1. The minimum absolute atomic E-state index is 0.360. The van der Waals surface area contributed by atoms with E-state index in [1.165, 1.54) is 37.7 Å². The number of halogens is 2. The summed E-state index contributed by atoms with van der Waals surface area (Å²) >= 11 is 7.41. The first-order valence-corrected chi connectivity index (χ1v) is 13.9. The van der Waals surface area contributed by atoms with Crippen molar-refractivity contribution in [1.82, 2.24) is 9.97 Å². The highest BCUT2D eigenvalue weighted by Gasteiger charge is 2.18. The molecule has 0 saturated heterocycles. The molecule has 178 valence electrons. The highest BCUT2D eigenvalue weighted by atomic mass is 79.9. The van der Waals surface area contributed by atoms with Crippen LogP contribution in [0, 0.1) is 0 Å². The van der Waals surface area contributed by atoms with Gasteiger partial charge in [0.05, 0.1) is 11.4 Å². The number of unbranched alkanes of at least 4 members (excludes halogenated alkanes) is 1. The monoisotopic (exact) mass is 566 g/mol.